The zero-order chi connectivity index (χ0) is 30.6. The Bertz CT molecular complexity index is 1660. The SMILES string of the molecule is CCCCCOc1c(-c2ccccc2-c2ccccc2)ccc(C(=O)OCc2ccccc2)c1C(=O)OCc1ccccc1. The summed E-state index contributed by atoms with van der Waals surface area (Å²) >= 11 is 0. The molecule has 0 aliphatic carbocycles. The molecule has 0 unspecified atom stereocenters. The van der Waals surface area contributed by atoms with E-state index >= 15 is 0 Å². The van der Waals surface area contributed by atoms with Gasteiger partial charge in [-0.2, -0.15) is 0 Å². The van der Waals surface area contributed by atoms with E-state index in [1.165, 1.54) is 0 Å². The summed E-state index contributed by atoms with van der Waals surface area (Å²) in [6.45, 7) is 2.63. The van der Waals surface area contributed by atoms with Gasteiger partial charge in [0.05, 0.1) is 12.2 Å². The van der Waals surface area contributed by atoms with Crippen LogP contribution >= 0.6 is 0 Å². The van der Waals surface area contributed by atoms with Crippen LogP contribution in [0.15, 0.2) is 127 Å². The topological polar surface area (TPSA) is 61.8 Å². The molecule has 44 heavy (non-hydrogen) atoms. The fourth-order valence-electron chi connectivity index (χ4n) is 5.03. The van der Waals surface area contributed by atoms with Crippen molar-refractivity contribution in [2.75, 3.05) is 6.61 Å². The lowest BCUT2D eigenvalue weighted by molar-refractivity contribution is 0.0421. The van der Waals surface area contributed by atoms with E-state index in [2.05, 4.69) is 6.92 Å². The minimum Gasteiger partial charge on any atom is -0.492 e. The Morgan fingerprint density at radius 2 is 1.09 bits per heavy atom. The van der Waals surface area contributed by atoms with E-state index in [0.29, 0.717) is 17.9 Å². The van der Waals surface area contributed by atoms with Gasteiger partial charge >= 0.3 is 11.9 Å². The average molecular weight is 585 g/mol. The van der Waals surface area contributed by atoms with Gasteiger partial charge in [-0.15, -0.1) is 0 Å². The monoisotopic (exact) mass is 584 g/mol. The summed E-state index contributed by atoms with van der Waals surface area (Å²) in [7, 11) is 0. The predicted octanol–water partition coefficient (Wildman–Crippen LogP) is 9.30. The van der Waals surface area contributed by atoms with Crippen molar-refractivity contribution in [3.05, 3.63) is 150 Å². The van der Waals surface area contributed by atoms with Crippen molar-refractivity contribution >= 4 is 11.9 Å². The van der Waals surface area contributed by atoms with Crippen molar-refractivity contribution in [1.82, 2.24) is 0 Å². The van der Waals surface area contributed by atoms with Gasteiger partial charge in [0, 0.05) is 5.56 Å². The van der Waals surface area contributed by atoms with Gasteiger partial charge < -0.3 is 14.2 Å². The summed E-state index contributed by atoms with van der Waals surface area (Å²) in [5, 5.41) is 0. The average Bonchev–Trinajstić information content (AvgIpc) is 3.09. The van der Waals surface area contributed by atoms with E-state index in [1.54, 1.807) is 6.07 Å². The molecule has 0 spiro atoms. The van der Waals surface area contributed by atoms with Crippen molar-refractivity contribution in [2.24, 2.45) is 0 Å². The van der Waals surface area contributed by atoms with Crippen LogP contribution in [0.3, 0.4) is 0 Å². The third kappa shape index (κ3) is 7.61. The van der Waals surface area contributed by atoms with E-state index in [9.17, 15) is 9.59 Å². The lowest BCUT2D eigenvalue weighted by Crippen LogP contribution is -2.17. The Labute approximate surface area is 259 Å². The van der Waals surface area contributed by atoms with Crippen LogP contribution in [0.1, 0.15) is 58.0 Å². The Balaban J connectivity index is 1.60. The summed E-state index contributed by atoms with van der Waals surface area (Å²) in [5.41, 5.74) is 5.44. The molecular formula is C39H36O5. The van der Waals surface area contributed by atoms with Gasteiger partial charge in [-0.3, -0.25) is 0 Å². The number of rotatable bonds is 13. The van der Waals surface area contributed by atoms with Gasteiger partial charge in [-0.05, 0) is 46.4 Å². The number of benzene rings is 5. The van der Waals surface area contributed by atoms with Gasteiger partial charge in [-0.25, -0.2) is 9.59 Å². The largest absolute Gasteiger partial charge is 0.492 e. The highest BCUT2D eigenvalue weighted by Gasteiger charge is 2.28. The first kappa shape index (κ1) is 30.3. The van der Waals surface area contributed by atoms with Gasteiger partial charge in [-0.1, -0.05) is 135 Å². The van der Waals surface area contributed by atoms with Crippen molar-refractivity contribution < 1.29 is 23.8 Å². The third-order valence-electron chi connectivity index (χ3n) is 7.30. The minimum atomic E-state index is -0.648. The third-order valence-corrected chi connectivity index (χ3v) is 7.30. The number of carbonyl (C=O) groups excluding carboxylic acids is 2. The van der Waals surface area contributed by atoms with Gasteiger partial charge in [0.1, 0.15) is 24.5 Å². The first-order valence-corrected chi connectivity index (χ1v) is 15.0. The molecular weight excluding hydrogens is 548 g/mol. The summed E-state index contributed by atoms with van der Waals surface area (Å²) < 4.78 is 18.0. The van der Waals surface area contributed by atoms with Crippen LogP contribution in [0.2, 0.25) is 0 Å². The number of unbranched alkanes of at least 4 members (excludes halogenated alkanes) is 2. The first-order valence-electron chi connectivity index (χ1n) is 15.0. The lowest BCUT2D eigenvalue weighted by atomic mass is 9.91. The fourth-order valence-corrected chi connectivity index (χ4v) is 5.03. The molecule has 0 radical (unpaired) electrons. The van der Waals surface area contributed by atoms with Crippen molar-refractivity contribution in [3.63, 3.8) is 0 Å². The molecule has 0 aromatic heterocycles. The van der Waals surface area contributed by atoms with Crippen LogP contribution in [-0.2, 0) is 22.7 Å². The molecule has 0 amide bonds. The minimum absolute atomic E-state index is 0.0539. The quantitative estimate of drug-likeness (QED) is 0.102. The van der Waals surface area contributed by atoms with E-state index in [-0.39, 0.29) is 24.3 Å². The number of carbonyl (C=O) groups is 2. The van der Waals surface area contributed by atoms with E-state index < -0.39 is 11.9 Å². The molecule has 0 saturated carbocycles. The molecule has 5 aromatic rings. The predicted molar refractivity (Wildman–Crippen MR) is 173 cm³/mol. The Morgan fingerprint density at radius 1 is 0.545 bits per heavy atom. The normalized spacial score (nSPS) is 10.7. The molecule has 0 bridgehead atoms. The molecule has 0 aliphatic heterocycles. The highest BCUT2D eigenvalue weighted by Crippen LogP contribution is 2.41. The lowest BCUT2D eigenvalue weighted by Gasteiger charge is -2.20. The van der Waals surface area contributed by atoms with Gasteiger partial charge in [0.15, 0.2) is 0 Å². The molecule has 0 N–H and O–H groups in total. The zero-order valence-electron chi connectivity index (χ0n) is 24.9. The number of hydrogen-bond donors (Lipinski definition) is 0. The maximum Gasteiger partial charge on any atom is 0.343 e. The Kier molecular flexibility index (Phi) is 10.6. The fraction of sp³-hybridized carbons (Fsp3) is 0.179. The molecule has 0 heterocycles. The summed E-state index contributed by atoms with van der Waals surface area (Å²) in [6.07, 6.45) is 2.80. The van der Waals surface area contributed by atoms with Crippen LogP contribution in [0.25, 0.3) is 22.3 Å². The molecule has 222 valence electrons. The maximum atomic E-state index is 14.0. The van der Waals surface area contributed by atoms with E-state index in [0.717, 1.165) is 47.1 Å². The molecule has 5 nitrogen and oxygen atoms in total. The highest BCUT2D eigenvalue weighted by molar-refractivity contribution is 6.07. The van der Waals surface area contributed by atoms with Crippen molar-refractivity contribution in [2.45, 2.75) is 39.4 Å². The second-order valence-electron chi connectivity index (χ2n) is 10.5. The van der Waals surface area contributed by atoms with E-state index in [1.807, 2.05) is 121 Å². The van der Waals surface area contributed by atoms with E-state index in [4.69, 9.17) is 14.2 Å². The van der Waals surface area contributed by atoms with Crippen LogP contribution in [0, 0.1) is 0 Å². The molecule has 5 heteroatoms. The van der Waals surface area contributed by atoms with Crippen LogP contribution < -0.4 is 4.74 Å². The summed E-state index contributed by atoms with van der Waals surface area (Å²) in [6, 6.07) is 40.4. The maximum absolute atomic E-state index is 14.0. The summed E-state index contributed by atoms with van der Waals surface area (Å²) in [5.74, 6) is -0.955. The molecule has 5 aromatic carbocycles. The van der Waals surface area contributed by atoms with Gasteiger partial charge in [0.2, 0.25) is 0 Å². The smallest absolute Gasteiger partial charge is 0.343 e. The summed E-state index contributed by atoms with van der Waals surface area (Å²) in [4.78, 5) is 27.6. The molecule has 0 saturated heterocycles. The first-order chi connectivity index (χ1) is 21.7. The standard InChI is InChI=1S/C39H36O5/c1-2-3-15-26-42-37-34(33-23-14-13-22-32(33)31-20-11-6-12-21-31)24-25-35(38(40)43-27-29-16-7-4-8-17-29)36(37)39(41)44-28-30-18-9-5-10-19-30/h4-14,16-25H,2-3,15,26-28H2,1H3. The number of ether oxygens (including phenoxy) is 3. The Morgan fingerprint density at radius 3 is 1.70 bits per heavy atom. The second-order valence-corrected chi connectivity index (χ2v) is 10.5. The second kappa shape index (κ2) is 15.4. The molecule has 0 fully saturated rings. The van der Waals surface area contributed by atoms with Crippen LogP contribution in [0.5, 0.6) is 5.75 Å². The Hall–Kier alpha value is -5.16. The molecule has 5 rings (SSSR count). The molecule has 0 aliphatic rings. The molecule has 0 atom stereocenters. The van der Waals surface area contributed by atoms with Gasteiger partial charge in [0.25, 0.3) is 0 Å². The zero-order valence-corrected chi connectivity index (χ0v) is 24.9. The van der Waals surface area contributed by atoms with Crippen LogP contribution in [-0.4, -0.2) is 18.5 Å². The number of esters is 2. The van der Waals surface area contributed by atoms with Crippen LogP contribution in [0.4, 0.5) is 0 Å². The van der Waals surface area contributed by atoms with Crippen molar-refractivity contribution in [1.29, 1.82) is 0 Å². The highest BCUT2D eigenvalue weighted by atomic mass is 16.5. The number of hydrogen-bond acceptors (Lipinski definition) is 5. The van der Waals surface area contributed by atoms with Crippen molar-refractivity contribution in [3.8, 4) is 28.0 Å².